The van der Waals surface area contributed by atoms with Crippen molar-refractivity contribution in [1.82, 2.24) is 0 Å². The molecule has 0 spiro atoms. The van der Waals surface area contributed by atoms with Crippen LogP contribution in [-0.4, -0.2) is 20.9 Å². The molecule has 1 rings (SSSR count). The summed E-state index contributed by atoms with van der Waals surface area (Å²) >= 11 is 0. The van der Waals surface area contributed by atoms with Crippen LogP contribution < -0.4 is 0 Å². The first-order chi connectivity index (χ1) is 14.4. The Kier molecular flexibility index (Phi) is 11.1. The van der Waals surface area contributed by atoms with Gasteiger partial charge in [-0.15, -0.1) is 0 Å². The number of phenolic OH excluding ortho intramolecular Hbond substituents is 2. The molecule has 1 unspecified atom stereocenters. The number of phenols is 2. The number of aliphatic hydroxyl groups is 1. The van der Waals surface area contributed by atoms with Crippen LogP contribution in [0.25, 0.3) is 0 Å². The number of aryl methyl sites for hydroxylation is 1. The quantitative estimate of drug-likeness (QED) is 0.237. The fourth-order valence-corrected chi connectivity index (χ4v) is 3.86. The van der Waals surface area contributed by atoms with Gasteiger partial charge >= 0.3 is 0 Å². The van der Waals surface area contributed by atoms with Crippen molar-refractivity contribution in [3.8, 4) is 11.5 Å². The van der Waals surface area contributed by atoms with Gasteiger partial charge in [-0.1, -0.05) is 34.9 Å². The minimum Gasteiger partial charge on any atom is -0.504 e. The van der Waals surface area contributed by atoms with Crippen LogP contribution in [0, 0.1) is 13.8 Å². The third-order valence-electron chi connectivity index (χ3n) is 6.09. The Labute approximate surface area is 190 Å². The zero-order valence-electron chi connectivity index (χ0n) is 20.8. The van der Waals surface area contributed by atoms with Crippen LogP contribution in [0.15, 0.2) is 41.0 Å². The smallest absolute Gasteiger partial charge is 0.160 e. The van der Waals surface area contributed by atoms with Crippen LogP contribution in [0.1, 0.15) is 96.3 Å². The lowest BCUT2D eigenvalue weighted by atomic mass is 9.88. The lowest BCUT2D eigenvalue weighted by molar-refractivity contribution is 0.0431. The molecular formula is C28H44O3. The van der Waals surface area contributed by atoms with Crippen molar-refractivity contribution >= 4 is 0 Å². The molecule has 174 valence electrons. The van der Waals surface area contributed by atoms with Crippen molar-refractivity contribution in [2.45, 2.75) is 105 Å². The van der Waals surface area contributed by atoms with E-state index in [0.29, 0.717) is 24.8 Å². The van der Waals surface area contributed by atoms with E-state index < -0.39 is 5.60 Å². The van der Waals surface area contributed by atoms with E-state index in [2.05, 4.69) is 45.9 Å². The Morgan fingerprint density at radius 3 is 2.00 bits per heavy atom. The largest absolute Gasteiger partial charge is 0.504 e. The second-order valence-corrected chi connectivity index (χ2v) is 9.66. The molecule has 3 heteroatoms. The summed E-state index contributed by atoms with van der Waals surface area (Å²) in [4.78, 5) is 0. The van der Waals surface area contributed by atoms with E-state index in [4.69, 9.17) is 0 Å². The predicted octanol–water partition coefficient (Wildman–Crippen LogP) is 7.60. The third kappa shape index (κ3) is 10.2. The van der Waals surface area contributed by atoms with Gasteiger partial charge in [0, 0.05) is 0 Å². The zero-order valence-corrected chi connectivity index (χ0v) is 20.8. The Hall–Kier alpha value is -2.00. The monoisotopic (exact) mass is 428 g/mol. The number of hydrogen-bond donors (Lipinski definition) is 3. The van der Waals surface area contributed by atoms with Gasteiger partial charge in [0.05, 0.1) is 5.60 Å². The Balaban J connectivity index is 2.47. The molecule has 3 nitrogen and oxygen atoms in total. The molecule has 0 amide bonds. The first-order valence-electron chi connectivity index (χ1n) is 11.6. The molecule has 0 radical (unpaired) electrons. The maximum Gasteiger partial charge on any atom is 0.160 e. The van der Waals surface area contributed by atoms with Gasteiger partial charge in [-0.05, 0) is 123 Å². The third-order valence-corrected chi connectivity index (χ3v) is 6.09. The molecule has 1 aromatic carbocycles. The molecule has 1 atom stereocenters. The number of allylic oxidation sites excluding steroid dienone is 6. The second kappa shape index (κ2) is 12.8. The van der Waals surface area contributed by atoms with Crippen LogP contribution >= 0.6 is 0 Å². The SMILES string of the molecule is CC(C)=CCC/C(C)=C/CC/C(C)=C/CCC(C)(O)CCc1c(C)cc(O)c(O)c1C. The van der Waals surface area contributed by atoms with E-state index in [1.165, 1.54) is 16.7 Å². The molecule has 3 N–H and O–H groups in total. The van der Waals surface area contributed by atoms with E-state index in [0.717, 1.165) is 43.2 Å². The van der Waals surface area contributed by atoms with Crippen molar-refractivity contribution in [3.05, 3.63) is 57.7 Å². The van der Waals surface area contributed by atoms with Gasteiger partial charge in [0.2, 0.25) is 0 Å². The standard InChI is InChI=1S/C28H44O3/c1-20(2)11-8-12-21(3)13-9-14-22(4)15-10-17-28(7,31)18-16-25-23(5)19-26(29)27(30)24(25)6/h11,13,15,19,29-31H,8-10,12,14,16-18H2,1-7H3/b21-13+,22-15+. The predicted molar refractivity (Wildman–Crippen MR) is 133 cm³/mol. The first kappa shape index (κ1) is 27.0. The van der Waals surface area contributed by atoms with E-state index in [-0.39, 0.29) is 11.5 Å². The average Bonchev–Trinajstić information content (AvgIpc) is 2.65. The highest BCUT2D eigenvalue weighted by atomic mass is 16.3. The molecule has 0 saturated carbocycles. The van der Waals surface area contributed by atoms with E-state index >= 15 is 0 Å². The molecule has 0 bridgehead atoms. The number of hydrogen-bond acceptors (Lipinski definition) is 3. The molecule has 31 heavy (non-hydrogen) atoms. The van der Waals surface area contributed by atoms with E-state index in [9.17, 15) is 15.3 Å². The number of aromatic hydroxyl groups is 2. The lowest BCUT2D eigenvalue weighted by Crippen LogP contribution is -2.24. The maximum absolute atomic E-state index is 10.8. The van der Waals surface area contributed by atoms with Crippen molar-refractivity contribution < 1.29 is 15.3 Å². The molecule has 0 aliphatic heterocycles. The normalized spacial score (nSPS) is 14.5. The summed E-state index contributed by atoms with van der Waals surface area (Å²) in [6.45, 7) is 14.3. The van der Waals surface area contributed by atoms with Crippen LogP contribution in [0.2, 0.25) is 0 Å². The summed E-state index contributed by atoms with van der Waals surface area (Å²) in [5, 5.41) is 30.5. The van der Waals surface area contributed by atoms with Crippen LogP contribution in [-0.2, 0) is 6.42 Å². The van der Waals surface area contributed by atoms with Crippen molar-refractivity contribution in [1.29, 1.82) is 0 Å². The van der Waals surface area contributed by atoms with Gasteiger partial charge in [0.1, 0.15) is 0 Å². The summed E-state index contributed by atoms with van der Waals surface area (Å²) in [5.74, 6) is -0.135. The van der Waals surface area contributed by atoms with Gasteiger partial charge < -0.3 is 15.3 Å². The Morgan fingerprint density at radius 2 is 1.42 bits per heavy atom. The molecule has 1 aromatic rings. The Bertz CT molecular complexity index is 806. The van der Waals surface area contributed by atoms with Gasteiger partial charge in [-0.3, -0.25) is 0 Å². The van der Waals surface area contributed by atoms with E-state index in [1.807, 2.05) is 20.8 Å². The van der Waals surface area contributed by atoms with Gasteiger partial charge in [0.25, 0.3) is 0 Å². The second-order valence-electron chi connectivity index (χ2n) is 9.66. The number of rotatable bonds is 12. The molecular weight excluding hydrogens is 384 g/mol. The first-order valence-corrected chi connectivity index (χ1v) is 11.6. The molecule has 0 aliphatic rings. The highest BCUT2D eigenvalue weighted by molar-refractivity contribution is 5.52. The van der Waals surface area contributed by atoms with Crippen LogP contribution in [0.5, 0.6) is 11.5 Å². The van der Waals surface area contributed by atoms with Crippen molar-refractivity contribution in [2.75, 3.05) is 0 Å². The fraction of sp³-hybridized carbons (Fsp3) is 0.571. The topological polar surface area (TPSA) is 60.7 Å². The fourth-order valence-electron chi connectivity index (χ4n) is 3.86. The van der Waals surface area contributed by atoms with Gasteiger partial charge in [-0.25, -0.2) is 0 Å². The lowest BCUT2D eigenvalue weighted by Gasteiger charge is -2.24. The van der Waals surface area contributed by atoms with Gasteiger partial charge in [0.15, 0.2) is 11.5 Å². The maximum atomic E-state index is 10.8. The van der Waals surface area contributed by atoms with E-state index in [1.54, 1.807) is 6.07 Å². The zero-order chi connectivity index (χ0) is 23.6. The average molecular weight is 429 g/mol. The van der Waals surface area contributed by atoms with Crippen LogP contribution in [0.4, 0.5) is 0 Å². The number of benzene rings is 1. The summed E-state index contributed by atoms with van der Waals surface area (Å²) in [6.07, 6.45) is 14.2. The molecule has 0 saturated heterocycles. The minimum absolute atomic E-state index is 0.0555. The highest BCUT2D eigenvalue weighted by Crippen LogP contribution is 2.34. The molecule has 0 aromatic heterocycles. The molecule has 0 fully saturated rings. The highest BCUT2D eigenvalue weighted by Gasteiger charge is 2.21. The summed E-state index contributed by atoms with van der Waals surface area (Å²) in [7, 11) is 0. The Morgan fingerprint density at radius 1 is 0.871 bits per heavy atom. The van der Waals surface area contributed by atoms with Gasteiger partial charge in [-0.2, -0.15) is 0 Å². The van der Waals surface area contributed by atoms with Crippen molar-refractivity contribution in [3.63, 3.8) is 0 Å². The van der Waals surface area contributed by atoms with Crippen molar-refractivity contribution in [2.24, 2.45) is 0 Å². The summed E-state index contributed by atoms with van der Waals surface area (Å²) in [5.41, 5.74) is 6.11. The summed E-state index contributed by atoms with van der Waals surface area (Å²) in [6, 6.07) is 1.59. The minimum atomic E-state index is -0.759. The summed E-state index contributed by atoms with van der Waals surface area (Å²) < 4.78 is 0. The molecule has 0 heterocycles. The van der Waals surface area contributed by atoms with Crippen LogP contribution in [0.3, 0.4) is 0 Å². The molecule has 0 aliphatic carbocycles.